The Morgan fingerprint density at radius 3 is 2.04 bits per heavy atom. The van der Waals surface area contributed by atoms with Gasteiger partial charge in [0, 0.05) is 21.5 Å². The van der Waals surface area contributed by atoms with Crippen molar-refractivity contribution in [1.29, 1.82) is 0 Å². The number of amides is 1. The Hall–Kier alpha value is -2.42. The van der Waals surface area contributed by atoms with E-state index in [1.807, 2.05) is 39.9 Å². The quantitative estimate of drug-likeness (QED) is 0.536. The number of carbonyl (C=O) groups is 1. The topological polar surface area (TPSA) is 66.5 Å². The molecule has 3 aromatic rings. The molecular weight excluding hydrogens is 412 g/mol. The molecule has 0 radical (unpaired) electrons. The third-order valence-electron chi connectivity index (χ3n) is 3.80. The van der Waals surface area contributed by atoms with E-state index in [-0.39, 0.29) is 5.91 Å². The van der Waals surface area contributed by atoms with Gasteiger partial charge in [0.15, 0.2) is 0 Å². The monoisotopic (exact) mass is 432 g/mol. The second kappa shape index (κ2) is 9.18. The molecule has 1 aromatic carbocycles. The van der Waals surface area contributed by atoms with Crippen molar-refractivity contribution >= 4 is 50.4 Å². The van der Waals surface area contributed by atoms with Crippen molar-refractivity contribution in [3.63, 3.8) is 0 Å². The van der Waals surface area contributed by atoms with Gasteiger partial charge in [-0.15, -0.1) is 22.7 Å². The molecule has 2 aromatic heterocycles. The molecule has 8 heteroatoms. The van der Waals surface area contributed by atoms with Crippen LogP contribution in [-0.4, -0.2) is 25.5 Å². The highest BCUT2D eigenvalue weighted by Crippen LogP contribution is 2.18. The zero-order valence-electron chi connectivity index (χ0n) is 15.2. The highest BCUT2D eigenvalue weighted by Gasteiger charge is 2.13. The summed E-state index contributed by atoms with van der Waals surface area (Å²) in [7, 11) is -3.30. The van der Waals surface area contributed by atoms with Crippen LogP contribution in [0.15, 0.2) is 65.4 Å². The van der Waals surface area contributed by atoms with Gasteiger partial charge < -0.3 is 4.90 Å². The lowest BCUT2D eigenvalue weighted by Crippen LogP contribution is -2.27. The number of hydrogen-bond acceptors (Lipinski definition) is 5. The predicted octanol–water partition coefficient (Wildman–Crippen LogP) is 4.42. The summed E-state index contributed by atoms with van der Waals surface area (Å²) in [6.07, 6.45) is 4.40. The van der Waals surface area contributed by atoms with E-state index in [1.165, 1.54) is 0 Å². The maximum atomic E-state index is 12.8. The van der Waals surface area contributed by atoms with E-state index in [4.69, 9.17) is 0 Å². The van der Waals surface area contributed by atoms with Crippen LogP contribution < -0.4 is 4.72 Å². The number of benzene rings is 1. The number of hydrogen-bond donors (Lipinski definition) is 1. The van der Waals surface area contributed by atoms with Gasteiger partial charge in [-0.3, -0.25) is 9.52 Å². The smallest absolute Gasteiger partial charge is 0.247 e. The van der Waals surface area contributed by atoms with Crippen LogP contribution in [0.2, 0.25) is 0 Å². The maximum Gasteiger partial charge on any atom is 0.247 e. The molecule has 0 saturated heterocycles. The van der Waals surface area contributed by atoms with E-state index >= 15 is 0 Å². The minimum Gasteiger partial charge on any atom is -0.329 e. The average molecular weight is 433 g/mol. The Labute approximate surface area is 173 Å². The number of thiophene rings is 2. The molecule has 28 heavy (non-hydrogen) atoms. The fourth-order valence-electron chi connectivity index (χ4n) is 2.54. The molecule has 5 nitrogen and oxygen atoms in total. The summed E-state index contributed by atoms with van der Waals surface area (Å²) in [5.41, 5.74) is 1.31. The van der Waals surface area contributed by atoms with Gasteiger partial charge in [0.05, 0.1) is 19.3 Å². The summed E-state index contributed by atoms with van der Waals surface area (Å²) < 4.78 is 24.9. The molecule has 146 valence electrons. The summed E-state index contributed by atoms with van der Waals surface area (Å²) in [6, 6.07) is 14.9. The molecule has 0 aliphatic rings. The average Bonchev–Trinajstić information content (AvgIpc) is 3.33. The Morgan fingerprint density at radius 2 is 1.57 bits per heavy atom. The normalized spacial score (nSPS) is 11.6. The number of nitrogens with one attached hydrogen (secondary N) is 1. The zero-order chi connectivity index (χ0) is 20.0. The van der Waals surface area contributed by atoms with Gasteiger partial charge in [-0.2, -0.15) is 0 Å². The summed E-state index contributed by atoms with van der Waals surface area (Å²) >= 11 is 3.26. The molecule has 0 bridgehead atoms. The third kappa shape index (κ3) is 6.33. The zero-order valence-corrected chi connectivity index (χ0v) is 17.7. The molecular formula is C20H20N2O3S3. The van der Waals surface area contributed by atoms with Crippen LogP contribution in [0.25, 0.3) is 6.08 Å². The summed E-state index contributed by atoms with van der Waals surface area (Å²) in [4.78, 5) is 16.9. The molecule has 1 N–H and O–H groups in total. The number of anilines is 1. The Balaban J connectivity index is 1.69. The second-order valence-corrected chi connectivity index (χ2v) is 10.00. The van der Waals surface area contributed by atoms with Crippen LogP contribution in [0.1, 0.15) is 15.3 Å². The predicted molar refractivity (Wildman–Crippen MR) is 117 cm³/mol. The van der Waals surface area contributed by atoms with Crippen molar-refractivity contribution in [1.82, 2.24) is 4.90 Å². The van der Waals surface area contributed by atoms with Gasteiger partial charge in [-0.1, -0.05) is 24.3 Å². The molecule has 0 aliphatic heterocycles. The van der Waals surface area contributed by atoms with E-state index in [0.717, 1.165) is 21.6 Å². The maximum absolute atomic E-state index is 12.8. The highest BCUT2D eigenvalue weighted by molar-refractivity contribution is 7.92. The molecule has 2 heterocycles. The Morgan fingerprint density at radius 1 is 1.00 bits per heavy atom. The number of rotatable bonds is 8. The first kappa shape index (κ1) is 20.3. The van der Waals surface area contributed by atoms with Crippen molar-refractivity contribution in [2.45, 2.75) is 13.1 Å². The van der Waals surface area contributed by atoms with Gasteiger partial charge in [0.2, 0.25) is 15.9 Å². The molecule has 0 fully saturated rings. The van der Waals surface area contributed by atoms with Gasteiger partial charge in [0.1, 0.15) is 0 Å². The summed E-state index contributed by atoms with van der Waals surface area (Å²) in [5.74, 6) is -0.0693. The largest absolute Gasteiger partial charge is 0.329 e. The first-order valence-electron chi connectivity index (χ1n) is 8.49. The van der Waals surface area contributed by atoms with Crippen LogP contribution >= 0.6 is 22.7 Å². The number of carbonyl (C=O) groups excluding carboxylic acids is 1. The highest BCUT2D eigenvalue weighted by atomic mass is 32.2. The second-order valence-electron chi connectivity index (χ2n) is 6.18. The minimum absolute atomic E-state index is 0.0693. The molecule has 3 rings (SSSR count). The van der Waals surface area contributed by atoms with Crippen LogP contribution in [0.5, 0.6) is 0 Å². The number of sulfonamides is 1. The van der Waals surface area contributed by atoms with Crippen LogP contribution in [0, 0.1) is 0 Å². The molecule has 0 spiro atoms. The van der Waals surface area contributed by atoms with E-state index in [0.29, 0.717) is 18.8 Å². The standard InChI is InChI=1S/C20H20N2O3S3/c1-28(24,25)21-17-9-6-16(7-10-17)8-11-20(23)22(14-18-4-2-12-26-18)15-19-5-3-13-27-19/h2-13,21H,14-15H2,1H3/b11-8+. The van der Waals surface area contributed by atoms with E-state index in [1.54, 1.807) is 59.1 Å². The van der Waals surface area contributed by atoms with E-state index in [9.17, 15) is 13.2 Å². The molecule has 0 aliphatic carbocycles. The van der Waals surface area contributed by atoms with Crippen LogP contribution in [0.4, 0.5) is 5.69 Å². The van der Waals surface area contributed by atoms with Crippen LogP contribution in [0.3, 0.4) is 0 Å². The van der Waals surface area contributed by atoms with Crippen molar-refractivity contribution < 1.29 is 13.2 Å². The van der Waals surface area contributed by atoms with Crippen molar-refractivity contribution in [3.8, 4) is 0 Å². The minimum atomic E-state index is -3.30. The van der Waals surface area contributed by atoms with Crippen molar-refractivity contribution in [2.75, 3.05) is 11.0 Å². The lowest BCUT2D eigenvalue weighted by molar-refractivity contribution is -0.127. The van der Waals surface area contributed by atoms with Crippen molar-refractivity contribution in [3.05, 3.63) is 80.7 Å². The first-order valence-corrected chi connectivity index (χ1v) is 12.1. The third-order valence-corrected chi connectivity index (χ3v) is 6.13. The molecule has 1 amide bonds. The number of nitrogens with zero attached hydrogens (tertiary/aromatic N) is 1. The van der Waals surface area contributed by atoms with E-state index in [2.05, 4.69) is 4.72 Å². The molecule has 0 saturated carbocycles. The summed E-state index contributed by atoms with van der Waals surface area (Å²) in [5, 5.41) is 4.01. The Bertz CT molecular complexity index is 987. The lowest BCUT2D eigenvalue weighted by Gasteiger charge is -2.20. The van der Waals surface area contributed by atoms with Gasteiger partial charge in [0.25, 0.3) is 0 Å². The Kier molecular flexibility index (Phi) is 6.66. The van der Waals surface area contributed by atoms with Crippen LogP contribution in [-0.2, 0) is 27.9 Å². The fourth-order valence-corrected chi connectivity index (χ4v) is 4.55. The molecule has 0 unspecified atom stereocenters. The molecule has 0 atom stereocenters. The first-order chi connectivity index (χ1) is 13.4. The fraction of sp³-hybridized carbons (Fsp3) is 0.150. The van der Waals surface area contributed by atoms with Gasteiger partial charge >= 0.3 is 0 Å². The SMILES string of the molecule is CS(=O)(=O)Nc1ccc(/C=C/C(=O)N(Cc2cccs2)Cc2cccs2)cc1. The van der Waals surface area contributed by atoms with Gasteiger partial charge in [-0.25, -0.2) is 8.42 Å². The van der Waals surface area contributed by atoms with Gasteiger partial charge in [-0.05, 0) is 46.7 Å². The van der Waals surface area contributed by atoms with E-state index < -0.39 is 10.0 Å². The summed E-state index contributed by atoms with van der Waals surface area (Å²) in [6.45, 7) is 1.13. The van der Waals surface area contributed by atoms with Crippen molar-refractivity contribution in [2.24, 2.45) is 0 Å². The lowest BCUT2D eigenvalue weighted by atomic mass is 10.2.